The maximum atomic E-state index is 10.7. The molecule has 2 aliphatic heterocycles. The van der Waals surface area contributed by atoms with Crippen molar-refractivity contribution in [2.75, 3.05) is 0 Å². The fourth-order valence-electron chi connectivity index (χ4n) is 3.43. The summed E-state index contributed by atoms with van der Waals surface area (Å²) in [5.41, 5.74) is -0.251. The van der Waals surface area contributed by atoms with Crippen LogP contribution in [0.15, 0.2) is 0 Å². The molecule has 1 saturated carbocycles. The summed E-state index contributed by atoms with van der Waals surface area (Å²) >= 11 is 2.17. The molecule has 0 radical (unpaired) electrons. The van der Waals surface area contributed by atoms with Gasteiger partial charge in [-0.25, -0.2) is 0 Å². The van der Waals surface area contributed by atoms with Gasteiger partial charge in [0.05, 0.1) is 5.60 Å². The summed E-state index contributed by atoms with van der Waals surface area (Å²) in [5.74, 6) is 0.659. The lowest BCUT2D eigenvalue weighted by Gasteiger charge is -2.50. The van der Waals surface area contributed by atoms with Crippen LogP contribution in [-0.2, 0) is 0 Å². The van der Waals surface area contributed by atoms with E-state index in [-0.39, 0.29) is 5.60 Å². The minimum absolute atomic E-state index is 0.251. The van der Waals surface area contributed by atoms with Crippen LogP contribution in [0.25, 0.3) is 0 Å². The second-order valence-corrected chi connectivity index (χ2v) is 7.06. The Hall–Kier alpha value is 0.310. The molecule has 0 aromatic heterocycles. The molecule has 0 spiro atoms. The van der Waals surface area contributed by atoms with Crippen molar-refractivity contribution < 1.29 is 5.11 Å². The third-order valence-corrected chi connectivity index (χ3v) is 6.04. The molecule has 2 saturated heterocycles. The molecule has 0 aromatic carbocycles. The van der Waals surface area contributed by atoms with Crippen LogP contribution >= 0.6 is 11.8 Å². The Morgan fingerprint density at radius 2 is 1.50 bits per heavy atom. The molecule has 14 heavy (non-hydrogen) atoms. The number of fused-ring (bicyclic) bond motifs is 2. The molecule has 80 valence electrons. The van der Waals surface area contributed by atoms with Crippen molar-refractivity contribution >= 4 is 11.8 Å². The lowest BCUT2D eigenvalue weighted by molar-refractivity contribution is -0.0698. The first-order valence-corrected chi connectivity index (χ1v) is 7.08. The average Bonchev–Trinajstić information content (AvgIpc) is 1.97. The smallest absolute Gasteiger partial charge is 0.0696 e. The van der Waals surface area contributed by atoms with Crippen LogP contribution in [0.3, 0.4) is 0 Å². The first-order valence-electron chi connectivity index (χ1n) is 6.14. The molecule has 2 atom stereocenters. The number of hydrogen-bond donors (Lipinski definition) is 1. The zero-order valence-corrected chi connectivity index (χ0v) is 9.56. The van der Waals surface area contributed by atoms with Gasteiger partial charge in [-0.2, -0.15) is 11.8 Å². The van der Waals surface area contributed by atoms with Gasteiger partial charge in [-0.1, -0.05) is 12.8 Å². The summed E-state index contributed by atoms with van der Waals surface area (Å²) in [5, 5.41) is 12.3. The topological polar surface area (TPSA) is 20.2 Å². The second kappa shape index (κ2) is 3.41. The van der Waals surface area contributed by atoms with E-state index in [4.69, 9.17) is 0 Å². The molecule has 3 fully saturated rings. The van der Waals surface area contributed by atoms with Crippen LogP contribution in [0, 0.1) is 5.92 Å². The number of rotatable bonds is 1. The number of hydrogen-bond acceptors (Lipinski definition) is 2. The van der Waals surface area contributed by atoms with Crippen LogP contribution in [0.5, 0.6) is 0 Å². The summed E-state index contributed by atoms with van der Waals surface area (Å²) in [6.45, 7) is 0. The van der Waals surface area contributed by atoms with Gasteiger partial charge in [0.1, 0.15) is 0 Å². The standard InChI is InChI=1S/C12H20OS/c13-12(9-3-1-4-9)7-10-5-2-6-11(8-12)14-10/h9-11,13H,1-8H2. The van der Waals surface area contributed by atoms with E-state index in [2.05, 4.69) is 11.8 Å². The SMILES string of the molecule is OC1(C2CCC2)CC2CCCC(C1)S2. The Bertz CT molecular complexity index is 212. The van der Waals surface area contributed by atoms with Gasteiger partial charge in [-0.15, -0.1) is 0 Å². The van der Waals surface area contributed by atoms with E-state index < -0.39 is 0 Å². The zero-order valence-electron chi connectivity index (χ0n) is 8.74. The predicted octanol–water partition coefficient (Wildman–Crippen LogP) is 2.97. The normalized spacial score (nSPS) is 48.6. The van der Waals surface area contributed by atoms with Crippen molar-refractivity contribution in [1.29, 1.82) is 0 Å². The zero-order chi connectivity index (χ0) is 9.60. The lowest BCUT2D eigenvalue weighted by Crippen LogP contribution is -2.50. The van der Waals surface area contributed by atoms with Crippen LogP contribution in [0.1, 0.15) is 51.4 Å². The van der Waals surface area contributed by atoms with Crippen LogP contribution < -0.4 is 0 Å². The van der Waals surface area contributed by atoms with Gasteiger partial charge in [0.25, 0.3) is 0 Å². The maximum absolute atomic E-state index is 10.7. The molecule has 2 unspecified atom stereocenters. The van der Waals surface area contributed by atoms with Gasteiger partial charge in [-0.05, 0) is 44.4 Å². The molecule has 1 aliphatic carbocycles. The third-order valence-electron chi connectivity index (χ3n) is 4.46. The molecule has 3 aliphatic rings. The van der Waals surface area contributed by atoms with Crippen LogP contribution in [0.2, 0.25) is 0 Å². The van der Waals surface area contributed by atoms with Crippen molar-refractivity contribution in [1.82, 2.24) is 0 Å². The van der Waals surface area contributed by atoms with E-state index in [1.54, 1.807) is 0 Å². The largest absolute Gasteiger partial charge is 0.390 e. The van der Waals surface area contributed by atoms with Gasteiger partial charge in [0, 0.05) is 10.5 Å². The van der Waals surface area contributed by atoms with Gasteiger partial charge >= 0.3 is 0 Å². The Balaban J connectivity index is 1.74. The fourth-order valence-corrected chi connectivity index (χ4v) is 5.35. The van der Waals surface area contributed by atoms with Crippen molar-refractivity contribution in [3.05, 3.63) is 0 Å². The molecule has 1 N–H and O–H groups in total. The van der Waals surface area contributed by atoms with Crippen LogP contribution in [0.4, 0.5) is 0 Å². The molecule has 3 rings (SSSR count). The summed E-state index contributed by atoms with van der Waals surface area (Å²) in [6.07, 6.45) is 10.3. The monoisotopic (exact) mass is 212 g/mol. The first kappa shape index (κ1) is 9.53. The maximum Gasteiger partial charge on any atom is 0.0696 e. The van der Waals surface area contributed by atoms with Crippen LogP contribution in [-0.4, -0.2) is 21.2 Å². The number of thioether (sulfide) groups is 1. The Morgan fingerprint density at radius 1 is 0.929 bits per heavy atom. The Labute approximate surface area is 90.7 Å². The van der Waals surface area contributed by atoms with Crippen molar-refractivity contribution in [2.45, 2.75) is 67.5 Å². The van der Waals surface area contributed by atoms with E-state index in [1.165, 1.54) is 38.5 Å². The lowest BCUT2D eigenvalue weighted by atomic mass is 9.67. The van der Waals surface area contributed by atoms with Gasteiger partial charge in [-0.3, -0.25) is 0 Å². The predicted molar refractivity (Wildman–Crippen MR) is 60.5 cm³/mol. The number of aliphatic hydroxyl groups is 1. The van der Waals surface area contributed by atoms with E-state index in [9.17, 15) is 5.11 Å². The Kier molecular flexibility index (Phi) is 2.32. The highest BCUT2D eigenvalue weighted by Gasteiger charge is 2.47. The van der Waals surface area contributed by atoms with Crippen molar-refractivity contribution in [3.8, 4) is 0 Å². The minimum Gasteiger partial charge on any atom is -0.390 e. The summed E-state index contributed by atoms with van der Waals surface area (Å²) in [7, 11) is 0. The van der Waals surface area contributed by atoms with E-state index >= 15 is 0 Å². The molecule has 0 aromatic rings. The first-order chi connectivity index (χ1) is 6.76. The molecule has 2 heterocycles. The molecule has 2 bridgehead atoms. The third kappa shape index (κ3) is 1.51. The molecule has 1 nitrogen and oxygen atoms in total. The van der Waals surface area contributed by atoms with Gasteiger partial charge in [0.15, 0.2) is 0 Å². The Morgan fingerprint density at radius 3 is 2.00 bits per heavy atom. The molecular weight excluding hydrogens is 192 g/mol. The van der Waals surface area contributed by atoms with E-state index in [0.717, 1.165) is 23.3 Å². The highest BCUT2D eigenvalue weighted by Crippen LogP contribution is 2.51. The van der Waals surface area contributed by atoms with E-state index in [0.29, 0.717) is 5.92 Å². The van der Waals surface area contributed by atoms with Gasteiger partial charge < -0.3 is 5.11 Å². The molecular formula is C12H20OS. The molecule has 2 heteroatoms. The highest BCUT2D eigenvalue weighted by molar-refractivity contribution is 8.00. The second-order valence-electron chi connectivity index (χ2n) is 5.45. The van der Waals surface area contributed by atoms with Crippen molar-refractivity contribution in [2.24, 2.45) is 5.92 Å². The summed E-state index contributed by atoms with van der Waals surface area (Å²) < 4.78 is 0. The fraction of sp³-hybridized carbons (Fsp3) is 1.00. The summed E-state index contributed by atoms with van der Waals surface area (Å²) in [4.78, 5) is 0. The summed E-state index contributed by atoms with van der Waals surface area (Å²) in [6, 6.07) is 0. The minimum atomic E-state index is -0.251. The highest BCUT2D eigenvalue weighted by atomic mass is 32.2. The van der Waals surface area contributed by atoms with E-state index in [1.807, 2.05) is 0 Å². The molecule has 0 amide bonds. The van der Waals surface area contributed by atoms with Gasteiger partial charge in [0.2, 0.25) is 0 Å². The quantitative estimate of drug-likeness (QED) is 0.721. The average molecular weight is 212 g/mol. The van der Waals surface area contributed by atoms with Crippen molar-refractivity contribution in [3.63, 3.8) is 0 Å².